The lowest BCUT2D eigenvalue weighted by atomic mass is 10.1. The van der Waals surface area contributed by atoms with Crippen LogP contribution >= 0.6 is 11.3 Å². The maximum atomic E-state index is 12.6. The number of nitrogens with zero attached hydrogens (tertiary/aromatic N) is 1. The van der Waals surface area contributed by atoms with E-state index in [2.05, 4.69) is 15.6 Å². The lowest BCUT2D eigenvalue weighted by Gasteiger charge is -2.23. The van der Waals surface area contributed by atoms with E-state index in [9.17, 15) is 9.59 Å². The van der Waals surface area contributed by atoms with Crippen LogP contribution < -0.4 is 24.8 Å². The van der Waals surface area contributed by atoms with Crippen molar-refractivity contribution < 1.29 is 23.8 Å². The van der Waals surface area contributed by atoms with E-state index < -0.39 is 6.10 Å². The lowest BCUT2D eigenvalue weighted by molar-refractivity contribution is -0.122. The molecule has 2 aromatic carbocycles. The minimum atomic E-state index is -0.527. The smallest absolute Gasteiger partial charge is 0.265 e. The second-order valence-electron chi connectivity index (χ2n) is 6.52. The summed E-state index contributed by atoms with van der Waals surface area (Å²) < 4.78 is 16.0. The Morgan fingerprint density at radius 2 is 1.97 bits per heavy atom. The molecule has 1 aliphatic heterocycles. The summed E-state index contributed by atoms with van der Waals surface area (Å²) in [5, 5.41) is 7.90. The molecule has 2 N–H and O–H groups in total. The molecule has 1 aliphatic rings. The fourth-order valence-electron chi connectivity index (χ4n) is 2.98. The number of methoxy groups -OCH3 is 2. The van der Waals surface area contributed by atoms with Crippen LogP contribution in [0.1, 0.15) is 17.3 Å². The molecular formula is C21H19N3O5S. The number of hydrogen-bond donors (Lipinski definition) is 2. The normalized spacial score (nSPS) is 14.9. The molecule has 0 bridgehead atoms. The summed E-state index contributed by atoms with van der Waals surface area (Å²) in [4.78, 5) is 28.9. The molecule has 154 valence electrons. The summed E-state index contributed by atoms with van der Waals surface area (Å²) in [6.07, 6.45) is -0.527. The molecule has 2 heterocycles. The van der Waals surface area contributed by atoms with E-state index in [0.717, 1.165) is 5.56 Å². The molecule has 0 saturated heterocycles. The third-order valence-electron chi connectivity index (χ3n) is 4.58. The topological polar surface area (TPSA) is 98.8 Å². The van der Waals surface area contributed by atoms with Crippen LogP contribution in [-0.2, 0) is 4.79 Å². The number of carbonyl (C=O) groups is 2. The van der Waals surface area contributed by atoms with Crippen LogP contribution in [0.3, 0.4) is 0 Å². The first kappa shape index (κ1) is 19.7. The Kier molecular flexibility index (Phi) is 5.28. The van der Waals surface area contributed by atoms with Gasteiger partial charge < -0.3 is 19.5 Å². The average molecular weight is 425 g/mol. The molecular weight excluding hydrogens is 406 g/mol. The highest BCUT2D eigenvalue weighted by Gasteiger charge is 2.24. The molecule has 0 fully saturated rings. The Morgan fingerprint density at radius 1 is 1.17 bits per heavy atom. The van der Waals surface area contributed by atoms with Gasteiger partial charge in [-0.15, -0.1) is 11.3 Å². The standard InChI is InChI=1S/C21H19N3O5S/c1-11-19(25)22-14-8-12(4-6-16(14)29-11)15-10-30-21(23-15)24-20(26)13-5-7-17(27-2)18(9-13)28-3/h4-11H,1-3H3,(H,22,25)(H,23,24,26)/t11-/m1/s1. The van der Waals surface area contributed by atoms with Gasteiger partial charge in [0.05, 0.1) is 25.6 Å². The number of amides is 2. The van der Waals surface area contributed by atoms with Crippen molar-refractivity contribution in [3.8, 4) is 28.5 Å². The minimum Gasteiger partial charge on any atom is -0.493 e. The second-order valence-corrected chi connectivity index (χ2v) is 7.38. The number of fused-ring (bicyclic) bond motifs is 1. The van der Waals surface area contributed by atoms with Crippen LogP contribution in [0.4, 0.5) is 10.8 Å². The maximum Gasteiger partial charge on any atom is 0.265 e. The molecule has 9 heteroatoms. The molecule has 1 aromatic heterocycles. The number of benzene rings is 2. The largest absolute Gasteiger partial charge is 0.493 e. The van der Waals surface area contributed by atoms with Crippen molar-refractivity contribution in [3.63, 3.8) is 0 Å². The van der Waals surface area contributed by atoms with E-state index in [1.54, 1.807) is 37.3 Å². The SMILES string of the molecule is COc1ccc(C(=O)Nc2nc(-c3ccc4c(c3)NC(=O)[C@@H](C)O4)cs2)cc1OC. The summed E-state index contributed by atoms with van der Waals surface area (Å²) in [6.45, 7) is 1.69. The van der Waals surface area contributed by atoms with Crippen molar-refractivity contribution in [1.29, 1.82) is 0 Å². The van der Waals surface area contributed by atoms with Crippen LogP contribution in [0.2, 0.25) is 0 Å². The van der Waals surface area contributed by atoms with E-state index in [-0.39, 0.29) is 11.8 Å². The molecule has 1 atom stereocenters. The molecule has 8 nitrogen and oxygen atoms in total. The van der Waals surface area contributed by atoms with Crippen LogP contribution in [0, 0.1) is 0 Å². The zero-order valence-corrected chi connectivity index (χ0v) is 17.3. The van der Waals surface area contributed by atoms with Crippen LogP contribution in [0.15, 0.2) is 41.8 Å². The summed E-state index contributed by atoms with van der Waals surface area (Å²) in [5.41, 5.74) is 2.50. The summed E-state index contributed by atoms with van der Waals surface area (Å²) in [5.74, 6) is 1.13. The van der Waals surface area contributed by atoms with Crippen molar-refractivity contribution in [2.24, 2.45) is 0 Å². The molecule has 3 aromatic rings. The third-order valence-corrected chi connectivity index (χ3v) is 5.33. The highest BCUT2D eigenvalue weighted by molar-refractivity contribution is 7.14. The number of anilines is 2. The minimum absolute atomic E-state index is 0.194. The van der Waals surface area contributed by atoms with Crippen LogP contribution in [-0.4, -0.2) is 37.1 Å². The quantitative estimate of drug-likeness (QED) is 0.645. The molecule has 4 rings (SSSR count). The van der Waals surface area contributed by atoms with E-state index in [1.165, 1.54) is 25.6 Å². The lowest BCUT2D eigenvalue weighted by Crippen LogP contribution is -2.34. The number of aromatic nitrogens is 1. The second kappa shape index (κ2) is 8.03. The van der Waals surface area contributed by atoms with Gasteiger partial charge in [-0.3, -0.25) is 14.9 Å². The first-order chi connectivity index (χ1) is 14.5. The fraction of sp³-hybridized carbons (Fsp3) is 0.190. The van der Waals surface area contributed by atoms with Gasteiger partial charge in [-0.05, 0) is 43.3 Å². The number of nitrogens with one attached hydrogen (secondary N) is 2. The van der Waals surface area contributed by atoms with E-state index in [0.29, 0.717) is 39.3 Å². The molecule has 0 aliphatic carbocycles. The van der Waals surface area contributed by atoms with Gasteiger partial charge in [0.25, 0.3) is 11.8 Å². The highest BCUT2D eigenvalue weighted by atomic mass is 32.1. The van der Waals surface area contributed by atoms with Gasteiger partial charge in [-0.25, -0.2) is 4.98 Å². The van der Waals surface area contributed by atoms with Gasteiger partial charge in [0, 0.05) is 16.5 Å². The Hall–Kier alpha value is -3.59. The Bertz CT molecular complexity index is 1130. The Morgan fingerprint density at radius 3 is 2.73 bits per heavy atom. The Balaban J connectivity index is 1.52. The summed E-state index contributed by atoms with van der Waals surface area (Å²) in [6, 6.07) is 10.4. The first-order valence-electron chi connectivity index (χ1n) is 9.09. The van der Waals surface area contributed by atoms with E-state index in [4.69, 9.17) is 14.2 Å². The molecule has 30 heavy (non-hydrogen) atoms. The average Bonchev–Trinajstić information content (AvgIpc) is 3.22. The monoisotopic (exact) mass is 425 g/mol. The first-order valence-corrected chi connectivity index (χ1v) is 9.97. The summed E-state index contributed by atoms with van der Waals surface area (Å²) in [7, 11) is 3.05. The molecule has 0 unspecified atom stereocenters. The van der Waals surface area contributed by atoms with E-state index in [1.807, 2.05) is 11.4 Å². The zero-order valence-electron chi connectivity index (χ0n) is 16.5. The van der Waals surface area contributed by atoms with Crippen molar-refractivity contribution >= 4 is 34.0 Å². The van der Waals surface area contributed by atoms with Crippen LogP contribution in [0.5, 0.6) is 17.2 Å². The molecule has 2 amide bonds. The number of hydrogen-bond acceptors (Lipinski definition) is 7. The van der Waals surface area contributed by atoms with Gasteiger partial charge >= 0.3 is 0 Å². The predicted octanol–water partition coefficient (Wildman–Crippen LogP) is 3.80. The third kappa shape index (κ3) is 3.79. The maximum absolute atomic E-state index is 12.6. The van der Waals surface area contributed by atoms with E-state index >= 15 is 0 Å². The van der Waals surface area contributed by atoms with Crippen molar-refractivity contribution in [2.45, 2.75) is 13.0 Å². The van der Waals surface area contributed by atoms with Gasteiger partial charge in [0.2, 0.25) is 0 Å². The van der Waals surface area contributed by atoms with Gasteiger partial charge in [-0.1, -0.05) is 0 Å². The molecule has 0 spiro atoms. The number of carbonyl (C=O) groups excluding carboxylic acids is 2. The van der Waals surface area contributed by atoms with Gasteiger partial charge in [-0.2, -0.15) is 0 Å². The van der Waals surface area contributed by atoms with Crippen molar-refractivity contribution in [3.05, 3.63) is 47.3 Å². The van der Waals surface area contributed by atoms with Crippen molar-refractivity contribution in [1.82, 2.24) is 4.98 Å². The molecule has 0 radical (unpaired) electrons. The fourth-order valence-corrected chi connectivity index (χ4v) is 3.69. The zero-order chi connectivity index (χ0) is 21.3. The predicted molar refractivity (Wildman–Crippen MR) is 114 cm³/mol. The Labute approximate surface area is 176 Å². The van der Waals surface area contributed by atoms with Gasteiger partial charge in [0.15, 0.2) is 22.7 Å². The van der Waals surface area contributed by atoms with Gasteiger partial charge in [0.1, 0.15) is 5.75 Å². The highest BCUT2D eigenvalue weighted by Crippen LogP contribution is 2.35. The molecule has 0 saturated carbocycles. The van der Waals surface area contributed by atoms with Crippen molar-refractivity contribution in [2.75, 3.05) is 24.9 Å². The number of rotatable bonds is 5. The number of thiazole rings is 1. The summed E-state index contributed by atoms with van der Waals surface area (Å²) >= 11 is 1.31. The number of ether oxygens (including phenoxy) is 3. The van der Waals surface area contributed by atoms with Crippen LogP contribution in [0.25, 0.3) is 11.3 Å².